The second-order valence-corrected chi connectivity index (χ2v) is 4.90. The molecule has 2 aromatic rings. The molecule has 1 amide bonds. The van der Waals surface area contributed by atoms with Gasteiger partial charge >= 0.3 is 0 Å². The zero-order valence-corrected chi connectivity index (χ0v) is 12.2. The van der Waals surface area contributed by atoms with Crippen molar-refractivity contribution in [2.24, 2.45) is 5.73 Å². The Morgan fingerprint density at radius 2 is 2.05 bits per heavy atom. The van der Waals surface area contributed by atoms with Crippen LogP contribution in [0.25, 0.3) is 0 Å². The van der Waals surface area contributed by atoms with E-state index in [-0.39, 0.29) is 6.10 Å². The predicted molar refractivity (Wildman–Crippen MR) is 82.3 cm³/mol. The van der Waals surface area contributed by atoms with Crippen LogP contribution in [0, 0.1) is 0 Å². The zero-order valence-electron chi connectivity index (χ0n) is 12.2. The smallest absolute Gasteiger partial charge is 0.249 e. The summed E-state index contributed by atoms with van der Waals surface area (Å²) < 4.78 is 5.65. The van der Waals surface area contributed by atoms with Gasteiger partial charge in [-0.1, -0.05) is 18.2 Å². The summed E-state index contributed by atoms with van der Waals surface area (Å²) in [7, 11) is 0. The highest BCUT2D eigenvalue weighted by Gasteiger charge is 2.09. The number of aromatic nitrogens is 1. The lowest BCUT2D eigenvalue weighted by molar-refractivity contribution is 0.0999. The molecule has 2 rings (SSSR count). The fourth-order valence-electron chi connectivity index (χ4n) is 1.95. The summed E-state index contributed by atoms with van der Waals surface area (Å²) in [6.07, 6.45) is 1.72. The number of ether oxygens (including phenoxy) is 1. The fraction of sp³-hybridized carbons (Fsp3) is 0.250. The average molecular weight is 285 g/mol. The van der Waals surface area contributed by atoms with E-state index in [1.165, 1.54) is 0 Å². The molecule has 0 saturated carbocycles. The molecular weight excluding hydrogens is 266 g/mol. The molecule has 110 valence electrons. The van der Waals surface area contributed by atoms with E-state index in [4.69, 9.17) is 10.5 Å². The lowest BCUT2D eigenvalue weighted by Crippen LogP contribution is -2.15. The van der Waals surface area contributed by atoms with Crippen LogP contribution in [0.1, 0.15) is 29.8 Å². The van der Waals surface area contributed by atoms with E-state index in [0.29, 0.717) is 18.0 Å². The average Bonchev–Trinajstić information content (AvgIpc) is 2.46. The summed E-state index contributed by atoms with van der Waals surface area (Å²) in [5.41, 5.74) is 7.51. The number of nitrogens with one attached hydrogen (secondary N) is 1. The molecule has 5 nitrogen and oxygen atoms in total. The Bertz CT molecular complexity index is 626. The normalized spacial score (nSPS) is 10.4. The van der Waals surface area contributed by atoms with Gasteiger partial charge in [-0.2, -0.15) is 0 Å². The van der Waals surface area contributed by atoms with Crippen molar-refractivity contribution >= 4 is 11.6 Å². The Labute approximate surface area is 124 Å². The minimum absolute atomic E-state index is 0.0401. The van der Waals surface area contributed by atoms with Crippen LogP contribution >= 0.6 is 0 Å². The van der Waals surface area contributed by atoms with Crippen molar-refractivity contribution in [3.63, 3.8) is 0 Å². The maximum atomic E-state index is 11.4. The van der Waals surface area contributed by atoms with Crippen LogP contribution in [0.3, 0.4) is 0 Å². The summed E-state index contributed by atoms with van der Waals surface area (Å²) in [6.45, 7) is 4.36. The fourth-order valence-corrected chi connectivity index (χ4v) is 1.95. The van der Waals surface area contributed by atoms with Gasteiger partial charge in [0.15, 0.2) is 0 Å². The van der Waals surface area contributed by atoms with Crippen molar-refractivity contribution in [3.8, 4) is 5.88 Å². The zero-order chi connectivity index (χ0) is 15.2. The molecule has 0 spiro atoms. The Balaban J connectivity index is 2.15. The van der Waals surface area contributed by atoms with Crippen LogP contribution in [0.4, 0.5) is 5.69 Å². The number of carbonyl (C=O) groups excluding carboxylic acids is 1. The minimum atomic E-state index is -0.433. The van der Waals surface area contributed by atoms with Gasteiger partial charge in [0, 0.05) is 18.3 Å². The van der Waals surface area contributed by atoms with Crippen molar-refractivity contribution in [2.45, 2.75) is 26.5 Å². The summed E-state index contributed by atoms with van der Waals surface area (Å²) >= 11 is 0. The number of primary amides is 1. The van der Waals surface area contributed by atoms with Crippen molar-refractivity contribution in [1.29, 1.82) is 0 Å². The Hall–Kier alpha value is -2.56. The molecule has 0 aliphatic heterocycles. The molecule has 0 fully saturated rings. The second-order valence-electron chi connectivity index (χ2n) is 4.90. The number of hydrogen-bond acceptors (Lipinski definition) is 4. The van der Waals surface area contributed by atoms with Gasteiger partial charge in [0.1, 0.15) is 0 Å². The molecule has 0 bridgehead atoms. The summed E-state index contributed by atoms with van der Waals surface area (Å²) in [6, 6.07) is 11.0. The largest absolute Gasteiger partial charge is 0.473 e. The molecule has 1 heterocycles. The predicted octanol–water partition coefficient (Wildman–Crippen LogP) is 2.58. The van der Waals surface area contributed by atoms with Gasteiger partial charge in [0.2, 0.25) is 11.8 Å². The third kappa shape index (κ3) is 3.95. The number of rotatable bonds is 6. The number of pyridine rings is 1. The highest BCUT2D eigenvalue weighted by molar-refractivity contribution is 5.94. The molecule has 0 saturated heterocycles. The second kappa shape index (κ2) is 6.74. The Kier molecular flexibility index (Phi) is 4.77. The number of amides is 1. The van der Waals surface area contributed by atoms with Crippen molar-refractivity contribution < 1.29 is 9.53 Å². The molecule has 3 N–H and O–H groups in total. The van der Waals surface area contributed by atoms with Gasteiger partial charge in [0.25, 0.3) is 0 Å². The Morgan fingerprint density at radius 3 is 2.76 bits per heavy atom. The van der Waals surface area contributed by atoms with Crippen molar-refractivity contribution in [3.05, 3.63) is 53.7 Å². The van der Waals surface area contributed by atoms with Crippen LogP contribution in [0.5, 0.6) is 5.88 Å². The standard InChI is InChI=1S/C16H19N3O2/c1-11(2)21-16-14(8-5-9-18-16)19-10-12-6-3-4-7-13(12)15(17)20/h3-9,11,19H,10H2,1-2H3,(H2,17,20). The Morgan fingerprint density at radius 1 is 1.29 bits per heavy atom. The molecule has 0 atom stereocenters. The molecule has 5 heteroatoms. The molecule has 21 heavy (non-hydrogen) atoms. The lowest BCUT2D eigenvalue weighted by Gasteiger charge is -2.15. The molecular formula is C16H19N3O2. The summed E-state index contributed by atoms with van der Waals surface area (Å²) in [5.74, 6) is 0.112. The minimum Gasteiger partial charge on any atom is -0.473 e. The molecule has 1 aromatic heterocycles. The first-order valence-corrected chi connectivity index (χ1v) is 6.81. The maximum absolute atomic E-state index is 11.4. The van der Waals surface area contributed by atoms with E-state index in [1.54, 1.807) is 18.3 Å². The van der Waals surface area contributed by atoms with Crippen LogP contribution in [0.2, 0.25) is 0 Å². The first-order chi connectivity index (χ1) is 10.1. The van der Waals surface area contributed by atoms with E-state index in [2.05, 4.69) is 10.3 Å². The topological polar surface area (TPSA) is 77.2 Å². The highest BCUT2D eigenvalue weighted by atomic mass is 16.5. The number of carbonyl (C=O) groups is 1. The third-order valence-corrected chi connectivity index (χ3v) is 2.87. The van der Waals surface area contributed by atoms with Crippen molar-refractivity contribution in [2.75, 3.05) is 5.32 Å². The SMILES string of the molecule is CC(C)Oc1ncccc1NCc1ccccc1C(N)=O. The quantitative estimate of drug-likeness (QED) is 0.855. The molecule has 0 unspecified atom stereocenters. The van der Waals surface area contributed by atoms with E-state index in [1.807, 2.05) is 38.1 Å². The van der Waals surface area contributed by atoms with Gasteiger partial charge in [0.05, 0.1) is 11.8 Å². The van der Waals surface area contributed by atoms with Gasteiger partial charge in [-0.3, -0.25) is 4.79 Å². The first kappa shape index (κ1) is 14.8. The van der Waals surface area contributed by atoms with Gasteiger partial charge in [-0.15, -0.1) is 0 Å². The lowest BCUT2D eigenvalue weighted by atomic mass is 10.1. The summed E-state index contributed by atoms with van der Waals surface area (Å²) in [5, 5.41) is 3.23. The number of nitrogens with two attached hydrogens (primary N) is 1. The number of nitrogens with zero attached hydrogens (tertiary/aromatic N) is 1. The van der Waals surface area contributed by atoms with Crippen LogP contribution in [-0.2, 0) is 6.54 Å². The molecule has 1 aromatic carbocycles. The van der Waals surface area contributed by atoms with E-state index >= 15 is 0 Å². The molecule has 0 aliphatic carbocycles. The molecule has 0 aliphatic rings. The van der Waals surface area contributed by atoms with Crippen LogP contribution in [-0.4, -0.2) is 17.0 Å². The van der Waals surface area contributed by atoms with Crippen LogP contribution < -0.4 is 15.8 Å². The third-order valence-electron chi connectivity index (χ3n) is 2.87. The van der Waals surface area contributed by atoms with Crippen LogP contribution in [0.15, 0.2) is 42.6 Å². The van der Waals surface area contributed by atoms with Gasteiger partial charge in [-0.05, 0) is 37.6 Å². The monoisotopic (exact) mass is 285 g/mol. The van der Waals surface area contributed by atoms with E-state index in [0.717, 1.165) is 11.3 Å². The van der Waals surface area contributed by atoms with E-state index < -0.39 is 5.91 Å². The first-order valence-electron chi connectivity index (χ1n) is 6.81. The van der Waals surface area contributed by atoms with E-state index in [9.17, 15) is 4.79 Å². The number of hydrogen-bond donors (Lipinski definition) is 2. The van der Waals surface area contributed by atoms with Gasteiger partial charge < -0.3 is 15.8 Å². The van der Waals surface area contributed by atoms with Crippen molar-refractivity contribution in [1.82, 2.24) is 4.98 Å². The molecule has 0 radical (unpaired) electrons. The number of anilines is 1. The maximum Gasteiger partial charge on any atom is 0.249 e. The van der Waals surface area contributed by atoms with Gasteiger partial charge in [-0.25, -0.2) is 4.98 Å². The summed E-state index contributed by atoms with van der Waals surface area (Å²) in [4.78, 5) is 15.6. The highest BCUT2D eigenvalue weighted by Crippen LogP contribution is 2.22. The number of benzene rings is 1.